The van der Waals surface area contributed by atoms with Crippen molar-refractivity contribution in [3.63, 3.8) is 0 Å². The van der Waals surface area contributed by atoms with E-state index in [9.17, 15) is 4.79 Å². The zero-order valence-electron chi connectivity index (χ0n) is 7.77. The summed E-state index contributed by atoms with van der Waals surface area (Å²) in [7, 11) is 0. The van der Waals surface area contributed by atoms with E-state index in [-0.39, 0.29) is 6.61 Å². The average molecular weight is 187 g/mol. The third-order valence-electron chi connectivity index (χ3n) is 1.24. The zero-order chi connectivity index (χ0) is 10.1. The van der Waals surface area contributed by atoms with Crippen molar-refractivity contribution in [3.05, 3.63) is 10.4 Å². The normalized spacial score (nSPS) is 11.5. The molecule has 0 aliphatic heterocycles. The summed E-state index contributed by atoms with van der Waals surface area (Å²) >= 11 is 0. The van der Waals surface area contributed by atoms with Crippen molar-refractivity contribution < 1.29 is 14.3 Å². The molecule has 6 heteroatoms. The highest BCUT2D eigenvalue weighted by molar-refractivity contribution is 5.75. The Balaban J connectivity index is 3.56. The van der Waals surface area contributed by atoms with Gasteiger partial charge in [-0.15, -0.1) is 0 Å². The van der Waals surface area contributed by atoms with Crippen LogP contribution in [0.4, 0.5) is 0 Å². The minimum Gasteiger partial charge on any atom is -0.463 e. The predicted octanol–water partition coefficient (Wildman–Crippen LogP) is 1.26. The fourth-order valence-electron chi connectivity index (χ4n) is 0.591. The lowest BCUT2D eigenvalue weighted by Crippen LogP contribution is -2.19. The molecular weight excluding hydrogens is 174 g/mol. The number of hydrogen-bond donors (Lipinski definition) is 0. The van der Waals surface area contributed by atoms with Crippen LogP contribution in [0.1, 0.15) is 13.8 Å². The number of esters is 1. The minimum atomic E-state index is -0.772. The first kappa shape index (κ1) is 11.7. The SMILES string of the molecule is CCOCCOC(=O)C(C)N=[N+]=[N-]. The van der Waals surface area contributed by atoms with Crippen LogP contribution < -0.4 is 0 Å². The van der Waals surface area contributed by atoms with Gasteiger partial charge in [-0.25, -0.2) is 0 Å². The molecule has 0 aromatic carbocycles. The summed E-state index contributed by atoms with van der Waals surface area (Å²) in [6.07, 6.45) is 0. The molecule has 1 atom stereocenters. The first-order valence-electron chi connectivity index (χ1n) is 4.01. The Morgan fingerprint density at radius 2 is 2.31 bits per heavy atom. The topological polar surface area (TPSA) is 84.3 Å². The summed E-state index contributed by atoms with van der Waals surface area (Å²) in [4.78, 5) is 13.4. The minimum absolute atomic E-state index is 0.192. The molecule has 0 bridgehead atoms. The molecular formula is C7H13N3O3. The quantitative estimate of drug-likeness (QED) is 0.206. The van der Waals surface area contributed by atoms with Crippen molar-refractivity contribution in [1.82, 2.24) is 0 Å². The van der Waals surface area contributed by atoms with Gasteiger partial charge in [0.25, 0.3) is 0 Å². The highest BCUT2D eigenvalue weighted by Crippen LogP contribution is 1.93. The van der Waals surface area contributed by atoms with Crippen LogP contribution in [0.25, 0.3) is 10.4 Å². The average Bonchev–Trinajstić information content (AvgIpc) is 2.12. The van der Waals surface area contributed by atoms with E-state index in [1.807, 2.05) is 6.92 Å². The first-order chi connectivity index (χ1) is 6.22. The molecule has 0 aliphatic carbocycles. The molecule has 0 rings (SSSR count). The van der Waals surface area contributed by atoms with Crippen molar-refractivity contribution >= 4 is 5.97 Å². The number of carbonyl (C=O) groups excluding carboxylic acids is 1. The Hall–Kier alpha value is -1.26. The van der Waals surface area contributed by atoms with Crippen LogP contribution in [0, 0.1) is 0 Å². The summed E-state index contributed by atoms with van der Waals surface area (Å²) in [5, 5.41) is 3.19. The van der Waals surface area contributed by atoms with E-state index in [2.05, 4.69) is 10.0 Å². The lowest BCUT2D eigenvalue weighted by atomic mass is 10.4. The van der Waals surface area contributed by atoms with Crippen LogP contribution in [0.2, 0.25) is 0 Å². The predicted molar refractivity (Wildman–Crippen MR) is 46.1 cm³/mol. The van der Waals surface area contributed by atoms with E-state index in [4.69, 9.17) is 15.0 Å². The number of hydrogen-bond acceptors (Lipinski definition) is 4. The zero-order valence-corrected chi connectivity index (χ0v) is 7.77. The maximum absolute atomic E-state index is 11.0. The highest BCUT2D eigenvalue weighted by Gasteiger charge is 2.11. The Bertz CT molecular complexity index is 201. The molecule has 74 valence electrons. The van der Waals surface area contributed by atoms with Gasteiger partial charge in [-0.2, -0.15) is 0 Å². The van der Waals surface area contributed by atoms with Crippen molar-refractivity contribution in [3.8, 4) is 0 Å². The van der Waals surface area contributed by atoms with Crippen molar-refractivity contribution in [2.45, 2.75) is 19.9 Å². The van der Waals surface area contributed by atoms with Gasteiger partial charge in [-0.1, -0.05) is 5.11 Å². The maximum Gasteiger partial charge on any atom is 0.314 e. The first-order valence-corrected chi connectivity index (χ1v) is 4.01. The summed E-state index contributed by atoms with van der Waals surface area (Å²) in [6.45, 7) is 4.47. The highest BCUT2D eigenvalue weighted by atomic mass is 16.6. The third-order valence-corrected chi connectivity index (χ3v) is 1.24. The van der Waals surface area contributed by atoms with Crippen molar-refractivity contribution in [2.24, 2.45) is 5.11 Å². The van der Waals surface area contributed by atoms with Gasteiger partial charge in [0.05, 0.1) is 6.61 Å². The van der Waals surface area contributed by atoms with Gasteiger partial charge in [0.15, 0.2) is 0 Å². The molecule has 13 heavy (non-hydrogen) atoms. The van der Waals surface area contributed by atoms with E-state index in [1.165, 1.54) is 6.92 Å². The van der Waals surface area contributed by atoms with Crippen LogP contribution in [-0.4, -0.2) is 31.8 Å². The second kappa shape index (κ2) is 7.39. The van der Waals surface area contributed by atoms with Gasteiger partial charge in [-0.05, 0) is 19.4 Å². The molecule has 0 heterocycles. The second-order valence-electron chi connectivity index (χ2n) is 2.25. The molecule has 1 unspecified atom stereocenters. The smallest absolute Gasteiger partial charge is 0.314 e. The van der Waals surface area contributed by atoms with Crippen LogP contribution >= 0.6 is 0 Å². The van der Waals surface area contributed by atoms with E-state index >= 15 is 0 Å². The Morgan fingerprint density at radius 3 is 2.85 bits per heavy atom. The standard InChI is InChI=1S/C7H13N3O3/c1-3-12-4-5-13-7(11)6(2)9-10-8/h6H,3-5H2,1-2H3. The second-order valence-corrected chi connectivity index (χ2v) is 2.25. The Morgan fingerprint density at radius 1 is 1.62 bits per heavy atom. The number of nitrogens with zero attached hydrogens (tertiary/aromatic N) is 3. The van der Waals surface area contributed by atoms with E-state index in [1.54, 1.807) is 0 Å². The molecule has 0 N–H and O–H groups in total. The van der Waals surface area contributed by atoms with Gasteiger partial charge in [0.1, 0.15) is 12.6 Å². The number of carbonyl (C=O) groups is 1. The molecule has 0 saturated heterocycles. The number of ether oxygens (including phenoxy) is 2. The Labute approximate surface area is 76.5 Å². The van der Waals surface area contributed by atoms with E-state index in [0.29, 0.717) is 13.2 Å². The fourth-order valence-corrected chi connectivity index (χ4v) is 0.591. The summed E-state index contributed by atoms with van der Waals surface area (Å²) < 4.78 is 9.67. The molecule has 0 fully saturated rings. The van der Waals surface area contributed by atoms with Crippen molar-refractivity contribution in [2.75, 3.05) is 19.8 Å². The lowest BCUT2D eigenvalue weighted by Gasteiger charge is -2.06. The largest absolute Gasteiger partial charge is 0.463 e. The molecule has 0 aromatic heterocycles. The van der Waals surface area contributed by atoms with Crippen LogP contribution in [-0.2, 0) is 14.3 Å². The van der Waals surface area contributed by atoms with Gasteiger partial charge in [0.2, 0.25) is 0 Å². The molecule has 0 spiro atoms. The molecule has 6 nitrogen and oxygen atoms in total. The van der Waals surface area contributed by atoms with Gasteiger partial charge in [0, 0.05) is 11.5 Å². The summed E-state index contributed by atoms with van der Waals surface area (Å²) in [5.74, 6) is -0.530. The third kappa shape index (κ3) is 5.95. The maximum atomic E-state index is 11.0. The lowest BCUT2D eigenvalue weighted by molar-refractivity contribution is -0.146. The monoisotopic (exact) mass is 187 g/mol. The molecule has 0 radical (unpaired) electrons. The van der Waals surface area contributed by atoms with E-state index in [0.717, 1.165) is 0 Å². The molecule has 0 amide bonds. The molecule has 0 aromatic rings. The van der Waals surface area contributed by atoms with Gasteiger partial charge < -0.3 is 9.47 Å². The van der Waals surface area contributed by atoms with Gasteiger partial charge >= 0.3 is 5.97 Å². The van der Waals surface area contributed by atoms with Crippen LogP contribution in [0.5, 0.6) is 0 Å². The van der Waals surface area contributed by atoms with E-state index < -0.39 is 12.0 Å². The fraction of sp³-hybridized carbons (Fsp3) is 0.857. The van der Waals surface area contributed by atoms with Crippen LogP contribution in [0.3, 0.4) is 0 Å². The number of rotatable bonds is 6. The Kier molecular flexibility index (Phi) is 6.68. The van der Waals surface area contributed by atoms with Crippen molar-refractivity contribution in [1.29, 1.82) is 0 Å². The molecule has 0 aliphatic rings. The molecule has 0 saturated carbocycles. The number of azide groups is 1. The summed E-state index contributed by atoms with van der Waals surface area (Å²) in [5.41, 5.74) is 8.02. The van der Waals surface area contributed by atoms with Crippen LogP contribution in [0.15, 0.2) is 5.11 Å². The summed E-state index contributed by atoms with van der Waals surface area (Å²) in [6, 6.07) is -0.772. The van der Waals surface area contributed by atoms with Gasteiger partial charge in [-0.3, -0.25) is 4.79 Å².